The first kappa shape index (κ1) is 7.24. The van der Waals surface area contributed by atoms with Crippen molar-refractivity contribution in [1.29, 1.82) is 0 Å². The first-order valence-electron chi connectivity index (χ1n) is 3.14. The number of imidazole rings is 1. The van der Waals surface area contributed by atoms with Crippen LogP contribution in [0.4, 0.5) is 0 Å². The third-order valence-corrected chi connectivity index (χ3v) is 1.40. The fourth-order valence-corrected chi connectivity index (χ4v) is 0.770. The summed E-state index contributed by atoms with van der Waals surface area (Å²) in [5, 5.41) is 0. The number of aromatic nitrogens is 2. The van der Waals surface area contributed by atoms with Gasteiger partial charge in [-0.3, -0.25) is 0 Å². The topological polar surface area (TPSA) is 63.9 Å². The van der Waals surface area contributed by atoms with Crippen LogP contribution in [0.5, 0.6) is 0 Å². The van der Waals surface area contributed by atoms with Gasteiger partial charge in [-0.1, -0.05) is 6.92 Å². The van der Waals surface area contributed by atoms with Gasteiger partial charge in [-0.25, -0.2) is 10.9 Å². The van der Waals surface area contributed by atoms with Crippen molar-refractivity contribution >= 4 is 0 Å². The van der Waals surface area contributed by atoms with E-state index in [1.54, 1.807) is 12.5 Å². The molecular formula is C6H11N3O. The molecule has 0 amide bonds. The van der Waals surface area contributed by atoms with Gasteiger partial charge < -0.3 is 9.82 Å². The SMILES string of the molecule is CC(CON)c1cnc[nH]1. The Balaban J connectivity index is 2.50. The van der Waals surface area contributed by atoms with Gasteiger partial charge in [-0.15, -0.1) is 0 Å². The summed E-state index contributed by atoms with van der Waals surface area (Å²) in [5.41, 5.74) is 1.05. The minimum atomic E-state index is 0.285. The van der Waals surface area contributed by atoms with Gasteiger partial charge in [0.1, 0.15) is 0 Å². The molecule has 4 heteroatoms. The van der Waals surface area contributed by atoms with Crippen LogP contribution >= 0.6 is 0 Å². The molecule has 1 aromatic rings. The molecule has 56 valence electrons. The van der Waals surface area contributed by atoms with Gasteiger partial charge in [0.25, 0.3) is 0 Å². The van der Waals surface area contributed by atoms with Crippen molar-refractivity contribution in [2.24, 2.45) is 5.90 Å². The Morgan fingerprint density at radius 1 is 1.90 bits per heavy atom. The van der Waals surface area contributed by atoms with Crippen LogP contribution in [0.1, 0.15) is 18.5 Å². The largest absolute Gasteiger partial charge is 0.348 e. The van der Waals surface area contributed by atoms with Crippen molar-refractivity contribution in [3.8, 4) is 0 Å². The molecule has 0 fully saturated rings. The van der Waals surface area contributed by atoms with E-state index in [0.717, 1.165) is 5.69 Å². The standard InChI is InChI=1S/C6H11N3O/c1-5(3-10-7)6-2-8-4-9-6/h2,4-5H,3,7H2,1H3,(H,8,9). The molecule has 0 aliphatic heterocycles. The molecule has 1 heterocycles. The summed E-state index contributed by atoms with van der Waals surface area (Å²) < 4.78 is 0. The summed E-state index contributed by atoms with van der Waals surface area (Å²) in [7, 11) is 0. The van der Waals surface area contributed by atoms with Crippen LogP contribution in [0.15, 0.2) is 12.5 Å². The predicted molar refractivity (Wildman–Crippen MR) is 37.1 cm³/mol. The predicted octanol–water partition coefficient (Wildman–Crippen LogP) is 0.404. The van der Waals surface area contributed by atoms with Crippen molar-refractivity contribution in [1.82, 2.24) is 9.97 Å². The van der Waals surface area contributed by atoms with Gasteiger partial charge in [-0.2, -0.15) is 0 Å². The van der Waals surface area contributed by atoms with Crippen LogP contribution in [0.25, 0.3) is 0 Å². The highest BCUT2D eigenvalue weighted by molar-refractivity contribution is 5.01. The fourth-order valence-electron chi connectivity index (χ4n) is 0.770. The molecule has 0 spiro atoms. The van der Waals surface area contributed by atoms with E-state index in [1.807, 2.05) is 6.92 Å². The Morgan fingerprint density at radius 2 is 2.70 bits per heavy atom. The van der Waals surface area contributed by atoms with Gasteiger partial charge in [0.2, 0.25) is 0 Å². The summed E-state index contributed by atoms with van der Waals surface area (Å²) in [5.74, 6) is 5.19. The number of nitrogens with two attached hydrogens (primary N) is 1. The zero-order chi connectivity index (χ0) is 7.40. The Kier molecular flexibility index (Phi) is 2.42. The smallest absolute Gasteiger partial charge is 0.0921 e. The molecule has 1 aromatic heterocycles. The average Bonchev–Trinajstić information content (AvgIpc) is 2.38. The minimum absolute atomic E-state index is 0.285. The molecule has 0 radical (unpaired) electrons. The van der Waals surface area contributed by atoms with Gasteiger partial charge in [0.15, 0.2) is 0 Å². The van der Waals surface area contributed by atoms with Crippen molar-refractivity contribution in [2.75, 3.05) is 6.61 Å². The Hall–Kier alpha value is -0.870. The van der Waals surface area contributed by atoms with E-state index in [9.17, 15) is 0 Å². The quantitative estimate of drug-likeness (QED) is 0.599. The summed E-state index contributed by atoms with van der Waals surface area (Å²) in [6.45, 7) is 2.53. The number of H-pyrrole nitrogens is 1. The van der Waals surface area contributed by atoms with Gasteiger partial charge in [-0.05, 0) is 0 Å². The highest BCUT2D eigenvalue weighted by Gasteiger charge is 2.04. The molecule has 0 aliphatic rings. The number of rotatable bonds is 3. The normalized spacial score (nSPS) is 13.4. The second-order valence-corrected chi connectivity index (χ2v) is 2.24. The molecule has 0 saturated heterocycles. The zero-order valence-electron chi connectivity index (χ0n) is 5.87. The molecule has 0 aliphatic carbocycles. The molecule has 0 bridgehead atoms. The van der Waals surface area contributed by atoms with E-state index in [2.05, 4.69) is 14.8 Å². The van der Waals surface area contributed by atoms with E-state index < -0.39 is 0 Å². The lowest BCUT2D eigenvalue weighted by atomic mass is 10.1. The third kappa shape index (κ3) is 1.55. The molecule has 0 aromatic carbocycles. The van der Waals surface area contributed by atoms with Crippen LogP contribution in [0, 0.1) is 0 Å². The number of hydrogen-bond acceptors (Lipinski definition) is 3. The van der Waals surface area contributed by atoms with E-state index in [1.165, 1.54) is 0 Å². The average molecular weight is 141 g/mol. The van der Waals surface area contributed by atoms with Crippen LogP contribution in [0.2, 0.25) is 0 Å². The number of nitrogens with zero attached hydrogens (tertiary/aromatic N) is 1. The second-order valence-electron chi connectivity index (χ2n) is 2.24. The monoisotopic (exact) mass is 141 g/mol. The summed E-state index contributed by atoms with van der Waals surface area (Å²) in [4.78, 5) is 11.3. The Bertz CT molecular complexity index is 173. The van der Waals surface area contributed by atoms with Crippen LogP contribution in [-0.4, -0.2) is 16.6 Å². The Labute approximate surface area is 59.4 Å². The number of aromatic amines is 1. The maximum atomic E-state index is 4.90. The maximum Gasteiger partial charge on any atom is 0.0921 e. The van der Waals surface area contributed by atoms with E-state index in [0.29, 0.717) is 6.61 Å². The first-order chi connectivity index (χ1) is 4.84. The zero-order valence-corrected chi connectivity index (χ0v) is 5.87. The first-order valence-corrected chi connectivity index (χ1v) is 3.14. The summed E-state index contributed by atoms with van der Waals surface area (Å²) in [6.07, 6.45) is 3.41. The van der Waals surface area contributed by atoms with Crippen molar-refractivity contribution in [3.63, 3.8) is 0 Å². The van der Waals surface area contributed by atoms with Gasteiger partial charge >= 0.3 is 0 Å². The molecule has 1 rings (SSSR count). The van der Waals surface area contributed by atoms with E-state index in [4.69, 9.17) is 5.90 Å². The van der Waals surface area contributed by atoms with Crippen molar-refractivity contribution < 1.29 is 4.84 Å². The highest BCUT2D eigenvalue weighted by atomic mass is 16.6. The number of nitrogens with one attached hydrogen (secondary N) is 1. The Morgan fingerprint density at radius 3 is 3.20 bits per heavy atom. The van der Waals surface area contributed by atoms with Crippen molar-refractivity contribution in [3.05, 3.63) is 18.2 Å². The number of hydrogen-bond donors (Lipinski definition) is 2. The molecule has 10 heavy (non-hydrogen) atoms. The van der Waals surface area contributed by atoms with E-state index in [-0.39, 0.29) is 5.92 Å². The van der Waals surface area contributed by atoms with Crippen LogP contribution in [0.3, 0.4) is 0 Å². The molecule has 3 N–H and O–H groups in total. The second kappa shape index (κ2) is 3.34. The third-order valence-electron chi connectivity index (χ3n) is 1.40. The van der Waals surface area contributed by atoms with Gasteiger partial charge in [0, 0.05) is 17.8 Å². The molecular weight excluding hydrogens is 130 g/mol. The van der Waals surface area contributed by atoms with E-state index >= 15 is 0 Å². The maximum absolute atomic E-state index is 4.90. The lowest BCUT2D eigenvalue weighted by Crippen LogP contribution is -2.08. The lowest BCUT2D eigenvalue weighted by molar-refractivity contribution is 0.126. The molecule has 4 nitrogen and oxygen atoms in total. The lowest BCUT2D eigenvalue weighted by Gasteiger charge is -2.04. The molecule has 0 saturated carbocycles. The van der Waals surface area contributed by atoms with Gasteiger partial charge in [0.05, 0.1) is 12.9 Å². The summed E-state index contributed by atoms with van der Waals surface area (Å²) >= 11 is 0. The van der Waals surface area contributed by atoms with Crippen LogP contribution in [-0.2, 0) is 4.84 Å². The summed E-state index contributed by atoms with van der Waals surface area (Å²) in [6, 6.07) is 0. The fraction of sp³-hybridized carbons (Fsp3) is 0.500. The highest BCUT2D eigenvalue weighted by Crippen LogP contribution is 2.09. The molecule has 1 atom stereocenters. The minimum Gasteiger partial charge on any atom is -0.348 e. The van der Waals surface area contributed by atoms with Crippen LogP contribution < -0.4 is 5.90 Å². The van der Waals surface area contributed by atoms with Crippen molar-refractivity contribution in [2.45, 2.75) is 12.8 Å². The molecule has 1 unspecified atom stereocenters.